The van der Waals surface area contributed by atoms with Crippen molar-refractivity contribution in [1.82, 2.24) is 0 Å². The average molecular weight is 492 g/mol. The number of rotatable bonds is 3. The van der Waals surface area contributed by atoms with Crippen molar-refractivity contribution >= 4 is 14.5 Å². The second kappa shape index (κ2) is 7.86. The van der Waals surface area contributed by atoms with Crippen LogP contribution in [0.4, 0.5) is 0 Å². The van der Waals surface area contributed by atoms with E-state index in [9.17, 15) is 5.11 Å². The molecule has 2 N–H and O–H groups in total. The van der Waals surface area contributed by atoms with Crippen molar-refractivity contribution in [1.29, 1.82) is 5.41 Å². The van der Waals surface area contributed by atoms with E-state index in [-0.39, 0.29) is 40.6 Å². The monoisotopic (exact) mass is 491 g/mol. The Balaban J connectivity index is 1.56. The van der Waals surface area contributed by atoms with Crippen molar-refractivity contribution < 1.29 is 19.0 Å². The summed E-state index contributed by atoms with van der Waals surface area (Å²) in [5.41, 5.74) is -0.339. The first-order valence-corrected chi connectivity index (χ1v) is 16.8. The molecule has 1 aliphatic heterocycles. The molecule has 0 aromatic carbocycles. The van der Waals surface area contributed by atoms with Crippen LogP contribution in [0.5, 0.6) is 0 Å². The Hall–Kier alpha value is -0.273. The molecular weight excluding hydrogens is 442 g/mol. The van der Waals surface area contributed by atoms with Gasteiger partial charge in [-0.1, -0.05) is 40.5 Å². The quantitative estimate of drug-likeness (QED) is 0.367. The van der Waals surface area contributed by atoms with Gasteiger partial charge in [0.15, 0.2) is 14.1 Å². The Morgan fingerprint density at radius 1 is 1.00 bits per heavy atom. The molecule has 34 heavy (non-hydrogen) atoms. The van der Waals surface area contributed by atoms with Gasteiger partial charge in [-0.25, -0.2) is 0 Å². The van der Waals surface area contributed by atoms with E-state index in [1.807, 2.05) is 0 Å². The third-order valence-corrected chi connectivity index (χ3v) is 15.9. The summed E-state index contributed by atoms with van der Waals surface area (Å²) in [7, 11) is -2.01. The molecule has 4 saturated carbocycles. The van der Waals surface area contributed by atoms with E-state index in [2.05, 4.69) is 54.6 Å². The zero-order chi connectivity index (χ0) is 24.9. The van der Waals surface area contributed by atoms with Crippen LogP contribution in [0, 0.1) is 39.9 Å². The van der Waals surface area contributed by atoms with Crippen LogP contribution in [0.15, 0.2) is 0 Å². The van der Waals surface area contributed by atoms with E-state index in [0.29, 0.717) is 18.3 Å². The molecule has 6 heteroatoms. The summed E-state index contributed by atoms with van der Waals surface area (Å²) in [6.07, 6.45) is 8.88. The summed E-state index contributed by atoms with van der Waals surface area (Å²) >= 11 is 0. The maximum absolute atomic E-state index is 11.9. The second-order valence-corrected chi connectivity index (χ2v) is 19.4. The molecule has 194 valence electrons. The van der Waals surface area contributed by atoms with Crippen LogP contribution in [0.25, 0.3) is 0 Å². The summed E-state index contributed by atoms with van der Waals surface area (Å²) in [6.45, 7) is 18.1. The van der Waals surface area contributed by atoms with Gasteiger partial charge in [-0.2, -0.15) is 0 Å². The lowest BCUT2D eigenvalue weighted by Crippen LogP contribution is -2.67. The molecule has 0 aromatic rings. The molecule has 1 heterocycles. The van der Waals surface area contributed by atoms with Gasteiger partial charge in [0.25, 0.3) is 0 Å². The van der Waals surface area contributed by atoms with Crippen molar-refractivity contribution in [2.45, 2.75) is 135 Å². The largest absolute Gasteiger partial charge is 0.413 e. The third kappa shape index (κ3) is 3.48. The molecule has 0 amide bonds. The number of aliphatic hydroxyl groups is 1. The van der Waals surface area contributed by atoms with Gasteiger partial charge >= 0.3 is 0 Å². The number of hydrogen-bond donors (Lipinski definition) is 2. The smallest absolute Gasteiger partial charge is 0.192 e. The molecular formula is C28H49NO4Si. The standard InChI is InChI=1S/C28H49NO4Si/c1-25(2,3)34(7,8)33-20-13-12-17-21-22(19(30)15-28(17,20)16-29)27(6)14-10-9-11-18(27)23-24(21)32-26(4,5)31-23/h16-24,29-30H,9-15H2,1-8H3/t17?,18?,19?,20-,21?,22?,23+,24+,27-,28+/m0/s1. The average Bonchev–Trinajstić information content (AvgIpc) is 3.23. The lowest BCUT2D eigenvalue weighted by atomic mass is 9.43. The SMILES string of the molecule is CC1(C)O[C@@H]2C3C(C(O)C[C@@]4(C=N)C3CC[C@@H]4O[Si](C)(C)C(C)(C)C)[C@@]3(C)CCCCC3[C@H]2O1. The minimum Gasteiger partial charge on any atom is -0.413 e. The van der Waals surface area contributed by atoms with Crippen LogP contribution in [0.3, 0.4) is 0 Å². The molecule has 0 spiro atoms. The normalized spacial score (nSPS) is 50.1. The topological polar surface area (TPSA) is 71.8 Å². The Morgan fingerprint density at radius 2 is 1.68 bits per heavy atom. The molecule has 5 unspecified atom stereocenters. The Kier molecular flexibility index (Phi) is 5.87. The van der Waals surface area contributed by atoms with Gasteiger partial charge in [-0.3, -0.25) is 0 Å². The summed E-state index contributed by atoms with van der Waals surface area (Å²) < 4.78 is 20.4. The fourth-order valence-corrected chi connectivity index (χ4v) is 10.4. The molecule has 0 radical (unpaired) electrons. The minimum absolute atomic E-state index is 0.00192. The van der Waals surface area contributed by atoms with E-state index in [4.69, 9.17) is 19.3 Å². The van der Waals surface area contributed by atoms with Gasteiger partial charge in [0.05, 0.1) is 24.4 Å². The number of aliphatic hydroxyl groups excluding tert-OH is 1. The Morgan fingerprint density at radius 3 is 2.32 bits per heavy atom. The van der Waals surface area contributed by atoms with Crippen molar-refractivity contribution in [2.75, 3.05) is 0 Å². The van der Waals surface area contributed by atoms with Gasteiger partial charge in [0, 0.05) is 11.6 Å². The van der Waals surface area contributed by atoms with Gasteiger partial charge in [0.2, 0.25) is 0 Å². The van der Waals surface area contributed by atoms with Crippen molar-refractivity contribution in [3.05, 3.63) is 0 Å². The fourth-order valence-electron chi connectivity index (χ4n) is 8.97. The van der Waals surface area contributed by atoms with Gasteiger partial charge < -0.3 is 24.4 Å². The molecule has 0 aromatic heterocycles. The van der Waals surface area contributed by atoms with Crippen LogP contribution in [0.1, 0.15) is 86.5 Å². The Bertz CT molecular complexity index is 824. The highest BCUT2D eigenvalue weighted by Gasteiger charge is 2.71. The van der Waals surface area contributed by atoms with Crippen molar-refractivity contribution in [3.63, 3.8) is 0 Å². The first-order valence-electron chi connectivity index (χ1n) is 13.9. The van der Waals surface area contributed by atoms with Gasteiger partial charge in [0.1, 0.15) is 0 Å². The first-order chi connectivity index (χ1) is 15.7. The van der Waals surface area contributed by atoms with Gasteiger partial charge in [-0.05, 0) is 93.2 Å². The first kappa shape index (κ1) is 25.4. The molecule has 0 bridgehead atoms. The number of nitrogens with one attached hydrogen (secondary N) is 1. The summed E-state index contributed by atoms with van der Waals surface area (Å²) in [5.74, 6) is 0.578. The van der Waals surface area contributed by atoms with Crippen LogP contribution in [0.2, 0.25) is 18.1 Å². The van der Waals surface area contributed by atoms with E-state index in [1.165, 1.54) is 19.3 Å². The fraction of sp³-hybridized carbons (Fsp3) is 0.964. The van der Waals surface area contributed by atoms with E-state index < -0.39 is 25.6 Å². The summed E-state index contributed by atoms with van der Waals surface area (Å²) in [5, 5.41) is 20.8. The molecule has 5 fully saturated rings. The minimum atomic E-state index is -2.01. The number of fused-ring (bicyclic) bond motifs is 8. The zero-order valence-electron chi connectivity index (χ0n) is 22.8. The van der Waals surface area contributed by atoms with Crippen LogP contribution < -0.4 is 0 Å². The highest BCUT2D eigenvalue weighted by molar-refractivity contribution is 6.74. The zero-order valence-corrected chi connectivity index (χ0v) is 23.8. The summed E-state index contributed by atoms with van der Waals surface area (Å²) in [4.78, 5) is 0. The molecule has 5 rings (SSSR count). The summed E-state index contributed by atoms with van der Waals surface area (Å²) in [6, 6.07) is 0. The van der Waals surface area contributed by atoms with Crippen LogP contribution >= 0.6 is 0 Å². The predicted molar refractivity (Wildman–Crippen MR) is 138 cm³/mol. The van der Waals surface area contributed by atoms with E-state index in [1.54, 1.807) is 6.21 Å². The second-order valence-electron chi connectivity index (χ2n) is 14.6. The molecule has 5 nitrogen and oxygen atoms in total. The maximum atomic E-state index is 11.9. The lowest BCUT2D eigenvalue weighted by Gasteiger charge is -2.64. The highest BCUT2D eigenvalue weighted by Crippen LogP contribution is 2.68. The van der Waals surface area contributed by atoms with Crippen molar-refractivity contribution in [2.24, 2.45) is 34.5 Å². The molecule has 1 saturated heterocycles. The molecule has 4 aliphatic carbocycles. The molecule has 10 atom stereocenters. The predicted octanol–water partition coefficient (Wildman–Crippen LogP) is 6.15. The highest BCUT2D eigenvalue weighted by atomic mass is 28.4. The third-order valence-electron chi connectivity index (χ3n) is 11.4. The maximum Gasteiger partial charge on any atom is 0.192 e. The van der Waals surface area contributed by atoms with Crippen molar-refractivity contribution in [3.8, 4) is 0 Å². The lowest BCUT2D eigenvalue weighted by molar-refractivity contribution is -0.210. The van der Waals surface area contributed by atoms with Crippen LogP contribution in [-0.2, 0) is 13.9 Å². The molecule has 5 aliphatic rings. The van der Waals surface area contributed by atoms with Crippen LogP contribution in [-0.4, -0.2) is 49.8 Å². The van der Waals surface area contributed by atoms with Gasteiger partial charge in [-0.15, -0.1) is 0 Å². The van der Waals surface area contributed by atoms with E-state index >= 15 is 0 Å². The number of ether oxygens (including phenoxy) is 2. The Labute approximate surface area is 208 Å². The van der Waals surface area contributed by atoms with E-state index in [0.717, 1.165) is 19.3 Å². The number of hydrogen-bond acceptors (Lipinski definition) is 5.